The minimum absolute atomic E-state index is 0.0822. The van der Waals surface area contributed by atoms with Crippen LogP contribution in [-0.4, -0.2) is 66.7 Å². The minimum Gasteiger partial charge on any atom is -0.375 e. The molecule has 0 unspecified atom stereocenters. The lowest BCUT2D eigenvalue weighted by atomic mass is 9.90. The summed E-state index contributed by atoms with van der Waals surface area (Å²) in [6.07, 6.45) is 4.91. The second kappa shape index (κ2) is 5.46. The molecular weight excluding hydrogens is 246 g/mol. The van der Waals surface area contributed by atoms with Crippen LogP contribution >= 0.6 is 0 Å². The summed E-state index contributed by atoms with van der Waals surface area (Å²) >= 11 is 0. The summed E-state index contributed by atoms with van der Waals surface area (Å²) in [5.74, 6) is -0.0822. The molecule has 19 heavy (non-hydrogen) atoms. The second-order valence-corrected chi connectivity index (χ2v) is 5.51. The number of ether oxygens (including phenoxy) is 1. The number of carbonyl (C=O) groups excluding carboxylic acids is 2. The number of rotatable bonds is 2. The Balaban J connectivity index is 1.61. The molecule has 6 nitrogen and oxygen atoms in total. The van der Waals surface area contributed by atoms with Crippen molar-refractivity contribution in [3.8, 4) is 0 Å². The standard InChI is InChI=1S/C13H21N3O3/c17-12(16-6-5-14-13(16)18)9-15-7-8-19-11-4-2-1-3-10(11)15/h10-11H,1-9H2,(H,14,18)/t10-,11-/m1/s1. The van der Waals surface area contributed by atoms with E-state index in [1.807, 2.05) is 0 Å². The first-order chi connectivity index (χ1) is 9.25. The number of nitrogens with one attached hydrogen (secondary N) is 1. The Morgan fingerprint density at radius 1 is 1.32 bits per heavy atom. The summed E-state index contributed by atoms with van der Waals surface area (Å²) < 4.78 is 5.79. The van der Waals surface area contributed by atoms with Gasteiger partial charge in [-0.3, -0.25) is 14.6 Å². The lowest BCUT2D eigenvalue weighted by molar-refractivity contribution is -0.135. The summed E-state index contributed by atoms with van der Waals surface area (Å²) in [4.78, 5) is 27.2. The van der Waals surface area contributed by atoms with Crippen molar-refractivity contribution in [3.05, 3.63) is 0 Å². The van der Waals surface area contributed by atoms with Crippen molar-refractivity contribution in [2.45, 2.75) is 37.8 Å². The fourth-order valence-electron chi connectivity index (χ4n) is 3.34. The van der Waals surface area contributed by atoms with E-state index in [1.165, 1.54) is 17.7 Å². The smallest absolute Gasteiger partial charge is 0.324 e. The molecule has 0 aromatic carbocycles. The molecule has 0 aromatic heterocycles. The topological polar surface area (TPSA) is 61.9 Å². The number of amides is 3. The number of nitrogens with zero attached hydrogens (tertiary/aromatic N) is 2. The lowest BCUT2D eigenvalue weighted by Crippen LogP contribution is -2.55. The monoisotopic (exact) mass is 267 g/mol. The molecule has 0 aromatic rings. The van der Waals surface area contributed by atoms with Crippen molar-refractivity contribution in [1.29, 1.82) is 0 Å². The Kier molecular flexibility index (Phi) is 3.70. The summed E-state index contributed by atoms with van der Waals surface area (Å²) in [7, 11) is 0. The molecule has 6 heteroatoms. The van der Waals surface area contributed by atoms with Crippen molar-refractivity contribution in [1.82, 2.24) is 15.1 Å². The molecule has 0 spiro atoms. The van der Waals surface area contributed by atoms with Gasteiger partial charge in [0, 0.05) is 25.7 Å². The van der Waals surface area contributed by atoms with E-state index in [1.54, 1.807) is 0 Å². The number of hydrogen-bond donors (Lipinski definition) is 1. The lowest BCUT2D eigenvalue weighted by Gasteiger charge is -2.43. The maximum absolute atomic E-state index is 12.2. The number of urea groups is 1. The predicted molar refractivity (Wildman–Crippen MR) is 68.7 cm³/mol. The molecule has 106 valence electrons. The Morgan fingerprint density at radius 3 is 2.95 bits per heavy atom. The van der Waals surface area contributed by atoms with Gasteiger partial charge >= 0.3 is 6.03 Å². The van der Waals surface area contributed by atoms with Crippen LogP contribution in [-0.2, 0) is 9.53 Å². The zero-order valence-electron chi connectivity index (χ0n) is 11.1. The highest BCUT2D eigenvalue weighted by molar-refractivity contribution is 5.96. The third-order valence-electron chi connectivity index (χ3n) is 4.34. The molecule has 0 bridgehead atoms. The largest absolute Gasteiger partial charge is 0.375 e. The van der Waals surface area contributed by atoms with Gasteiger partial charge in [0.2, 0.25) is 5.91 Å². The number of fused-ring (bicyclic) bond motifs is 1. The van der Waals surface area contributed by atoms with Gasteiger partial charge in [-0.05, 0) is 12.8 Å². The first kappa shape index (κ1) is 12.9. The van der Waals surface area contributed by atoms with E-state index in [2.05, 4.69) is 10.2 Å². The summed E-state index contributed by atoms with van der Waals surface area (Å²) in [6, 6.07) is 0.107. The molecular formula is C13H21N3O3. The maximum atomic E-state index is 12.2. The van der Waals surface area contributed by atoms with Crippen LogP contribution in [0.1, 0.15) is 25.7 Å². The molecule has 2 saturated heterocycles. The van der Waals surface area contributed by atoms with Gasteiger partial charge in [0.05, 0.1) is 19.3 Å². The third-order valence-corrected chi connectivity index (χ3v) is 4.34. The zero-order chi connectivity index (χ0) is 13.2. The van der Waals surface area contributed by atoms with E-state index in [9.17, 15) is 9.59 Å². The molecule has 3 amide bonds. The van der Waals surface area contributed by atoms with Crippen molar-refractivity contribution in [2.24, 2.45) is 0 Å². The Bertz CT molecular complexity index is 372. The van der Waals surface area contributed by atoms with E-state index >= 15 is 0 Å². The zero-order valence-corrected chi connectivity index (χ0v) is 11.1. The van der Waals surface area contributed by atoms with Crippen molar-refractivity contribution < 1.29 is 14.3 Å². The summed E-state index contributed by atoms with van der Waals surface area (Å²) in [5, 5.41) is 2.67. The normalized spacial score (nSPS) is 32.0. The van der Waals surface area contributed by atoms with Crippen LogP contribution in [0.15, 0.2) is 0 Å². The number of imide groups is 1. The molecule has 0 radical (unpaired) electrons. The second-order valence-electron chi connectivity index (χ2n) is 5.51. The van der Waals surface area contributed by atoms with E-state index in [0.29, 0.717) is 32.3 Å². The van der Waals surface area contributed by atoms with E-state index in [-0.39, 0.29) is 18.0 Å². The Morgan fingerprint density at radius 2 is 2.16 bits per heavy atom. The SMILES string of the molecule is O=C(CN1CCO[C@@H]2CCCC[C@H]21)N1CCNC1=O. The quantitative estimate of drug-likeness (QED) is 0.775. The first-order valence-electron chi connectivity index (χ1n) is 7.19. The number of hydrogen-bond acceptors (Lipinski definition) is 4. The van der Waals surface area contributed by atoms with Crippen molar-refractivity contribution in [2.75, 3.05) is 32.8 Å². The van der Waals surface area contributed by atoms with Gasteiger partial charge < -0.3 is 10.1 Å². The molecule has 3 aliphatic rings. The van der Waals surface area contributed by atoms with E-state index < -0.39 is 0 Å². The molecule has 1 N–H and O–H groups in total. The van der Waals surface area contributed by atoms with Gasteiger partial charge in [-0.1, -0.05) is 12.8 Å². The summed E-state index contributed by atoms with van der Waals surface area (Å²) in [5.41, 5.74) is 0. The van der Waals surface area contributed by atoms with Crippen LogP contribution in [0.4, 0.5) is 4.79 Å². The van der Waals surface area contributed by atoms with Crippen LogP contribution < -0.4 is 5.32 Å². The Hall–Kier alpha value is -1.14. The molecule has 1 saturated carbocycles. The minimum atomic E-state index is -0.251. The van der Waals surface area contributed by atoms with Crippen LogP contribution in [0, 0.1) is 0 Å². The fourth-order valence-corrected chi connectivity index (χ4v) is 3.34. The van der Waals surface area contributed by atoms with Crippen LogP contribution in [0.25, 0.3) is 0 Å². The average Bonchev–Trinajstić information content (AvgIpc) is 2.85. The van der Waals surface area contributed by atoms with Crippen molar-refractivity contribution >= 4 is 11.9 Å². The predicted octanol–water partition coefficient (Wildman–Crippen LogP) is 0.182. The number of morpholine rings is 1. The van der Waals surface area contributed by atoms with E-state index in [4.69, 9.17) is 4.74 Å². The molecule has 3 rings (SSSR count). The number of carbonyl (C=O) groups is 2. The molecule has 3 fully saturated rings. The maximum Gasteiger partial charge on any atom is 0.324 e. The van der Waals surface area contributed by atoms with Crippen LogP contribution in [0.5, 0.6) is 0 Å². The molecule has 2 atom stereocenters. The summed E-state index contributed by atoms with van der Waals surface area (Å²) in [6.45, 7) is 2.90. The highest BCUT2D eigenvalue weighted by atomic mass is 16.5. The van der Waals surface area contributed by atoms with Crippen LogP contribution in [0.2, 0.25) is 0 Å². The molecule has 2 aliphatic heterocycles. The molecule has 2 heterocycles. The van der Waals surface area contributed by atoms with Gasteiger partial charge in [0.15, 0.2) is 0 Å². The van der Waals surface area contributed by atoms with Gasteiger partial charge in [-0.2, -0.15) is 0 Å². The fraction of sp³-hybridized carbons (Fsp3) is 0.846. The average molecular weight is 267 g/mol. The van der Waals surface area contributed by atoms with Gasteiger partial charge in [0.25, 0.3) is 0 Å². The van der Waals surface area contributed by atoms with E-state index in [0.717, 1.165) is 19.4 Å². The van der Waals surface area contributed by atoms with Gasteiger partial charge in [-0.15, -0.1) is 0 Å². The van der Waals surface area contributed by atoms with Gasteiger partial charge in [0.1, 0.15) is 0 Å². The van der Waals surface area contributed by atoms with Crippen LogP contribution in [0.3, 0.4) is 0 Å². The first-order valence-corrected chi connectivity index (χ1v) is 7.19. The Labute approximate surface area is 113 Å². The van der Waals surface area contributed by atoms with Gasteiger partial charge in [-0.25, -0.2) is 4.79 Å². The third kappa shape index (κ3) is 2.60. The van der Waals surface area contributed by atoms with Crippen molar-refractivity contribution in [3.63, 3.8) is 0 Å². The highest BCUT2D eigenvalue weighted by Crippen LogP contribution is 2.28. The molecule has 1 aliphatic carbocycles. The highest BCUT2D eigenvalue weighted by Gasteiger charge is 2.36.